The van der Waals surface area contributed by atoms with E-state index in [1.165, 1.54) is 18.2 Å². The van der Waals surface area contributed by atoms with Crippen LogP contribution in [0.5, 0.6) is 0 Å². The number of aromatic nitrogens is 3. The molecular formula is C26H22ClFN4O2. The third kappa shape index (κ3) is 5.05. The number of amides is 1. The monoisotopic (exact) mass is 476 g/mol. The van der Waals surface area contributed by atoms with Crippen LogP contribution >= 0.6 is 11.6 Å². The normalized spacial score (nSPS) is 11.0. The molecule has 2 aromatic heterocycles. The molecule has 0 fully saturated rings. The zero-order valence-corrected chi connectivity index (χ0v) is 19.4. The van der Waals surface area contributed by atoms with E-state index in [-0.39, 0.29) is 40.3 Å². The van der Waals surface area contributed by atoms with Crippen LogP contribution in [0, 0.1) is 11.7 Å². The maximum atomic E-state index is 15.4. The van der Waals surface area contributed by atoms with Gasteiger partial charge in [0.1, 0.15) is 11.6 Å². The van der Waals surface area contributed by atoms with E-state index in [2.05, 4.69) is 20.3 Å². The number of benzene rings is 2. The molecular weight excluding hydrogens is 455 g/mol. The Morgan fingerprint density at radius 1 is 1.06 bits per heavy atom. The third-order valence-electron chi connectivity index (χ3n) is 5.26. The fraction of sp³-hybridized carbons (Fsp3) is 0.154. The molecule has 6 nitrogen and oxygen atoms in total. The molecule has 0 unspecified atom stereocenters. The van der Waals surface area contributed by atoms with Gasteiger partial charge < -0.3 is 10.3 Å². The number of nitrogens with zero attached hydrogens (tertiary/aromatic N) is 2. The summed E-state index contributed by atoms with van der Waals surface area (Å²) < 4.78 is 15.4. The predicted molar refractivity (Wildman–Crippen MR) is 131 cm³/mol. The first kappa shape index (κ1) is 23.3. The molecule has 2 N–H and O–H groups in total. The van der Waals surface area contributed by atoms with Crippen molar-refractivity contribution < 1.29 is 9.18 Å². The van der Waals surface area contributed by atoms with Crippen molar-refractivity contribution in [2.75, 3.05) is 0 Å². The summed E-state index contributed by atoms with van der Waals surface area (Å²) in [6.07, 6.45) is 1.61. The number of carbonyl (C=O) groups excluding carboxylic acids is 1. The zero-order valence-electron chi connectivity index (χ0n) is 18.6. The van der Waals surface area contributed by atoms with Crippen molar-refractivity contribution in [3.63, 3.8) is 0 Å². The molecule has 0 saturated carbocycles. The Morgan fingerprint density at radius 2 is 1.82 bits per heavy atom. The average molecular weight is 477 g/mol. The number of H-pyrrole nitrogens is 1. The van der Waals surface area contributed by atoms with Gasteiger partial charge in [-0.1, -0.05) is 61.8 Å². The summed E-state index contributed by atoms with van der Waals surface area (Å²) in [5, 5.41) is 2.77. The molecule has 8 heteroatoms. The number of hydrogen-bond donors (Lipinski definition) is 2. The summed E-state index contributed by atoms with van der Waals surface area (Å²) >= 11 is 6.29. The van der Waals surface area contributed by atoms with Crippen molar-refractivity contribution >= 4 is 17.5 Å². The lowest BCUT2D eigenvalue weighted by molar-refractivity contribution is -0.124. The first-order valence-electron chi connectivity index (χ1n) is 10.7. The van der Waals surface area contributed by atoms with Crippen molar-refractivity contribution in [2.24, 2.45) is 5.92 Å². The molecule has 0 radical (unpaired) electrons. The van der Waals surface area contributed by atoms with Crippen LogP contribution in [0.2, 0.25) is 5.02 Å². The van der Waals surface area contributed by atoms with E-state index in [1.54, 1.807) is 26.1 Å². The van der Waals surface area contributed by atoms with Gasteiger partial charge in [0, 0.05) is 41.4 Å². The van der Waals surface area contributed by atoms with Crippen LogP contribution in [0.3, 0.4) is 0 Å². The molecule has 172 valence electrons. The summed E-state index contributed by atoms with van der Waals surface area (Å²) in [4.78, 5) is 35.8. The lowest BCUT2D eigenvalue weighted by atomic mass is 10.1. The van der Waals surface area contributed by atoms with Crippen molar-refractivity contribution in [3.05, 3.63) is 93.6 Å². The van der Waals surface area contributed by atoms with E-state index in [4.69, 9.17) is 11.6 Å². The summed E-state index contributed by atoms with van der Waals surface area (Å²) in [5.74, 6) is -1.09. The highest BCUT2D eigenvalue weighted by atomic mass is 35.5. The molecule has 0 aliphatic rings. The average Bonchev–Trinajstić information content (AvgIpc) is 2.83. The van der Waals surface area contributed by atoms with Gasteiger partial charge in [-0.15, -0.1) is 0 Å². The number of nitrogens with one attached hydrogen (secondary N) is 2. The fourth-order valence-electron chi connectivity index (χ4n) is 3.38. The largest absolute Gasteiger partial charge is 0.352 e. The second kappa shape index (κ2) is 9.97. The molecule has 0 aliphatic heterocycles. The second-order valence-corrected chi connectivity index (χ2v) is 8.45. The first-order chi connectivity index (χ1) is 16.3. The van der Waals surface area contributed by atoms with E-state index < -0.39 is 11.4 Å². The van der Waals surface area contributed by atoms with Crippen LogP contribution in [0.1, 0.15) is 19.4 Å². The number of halogens is 2. The van der Waals surface area contributed by atoms with E-state index in [0.29, 0.717) is 11.3 Å². The van der Waals surface area contributed by atoms with Gasteiger partial charge in [0.15, 0.2) is 0 Å². The fourth-order valence-corrected chi connectivity index (χ4v) is 3.62. The lowest BCUT2D eigenvalue weighted by Crippen LogP contribution is -2.27. The number of carbonyl (C=O) groups is 1. The van der Waals surface area contributed by atoms with Crippen LogP contribution < -0.4 is 10.9 Å². The van der Waals surface area contributed by atoms with Crippen LogP contribution in [0.4, 0.5) is 4.39 Å². The van der Waals surface area contributed by atoms with Gasteiger partial charge in [-0.2, -0.15) is 0 Å². The number of pyridine rings is 1. The van der Waals surface area contributed by atoms with E-state index in [1.807, 2.05) is 36.4 Å². The van der Waals surface area contributed by atoms with Gasteiger partial charge in [0.05, 0.1) is 22.0 Å². The molecule has 4 aromatic rings. The Kier molecular flexibility index (Phi) is 6.84. The number of hydrogen-bond acceptors (Lipinski definition) is 4. The summed E-state index contributed by atoms with van der Waals surface area (Å²) in [7, 11) is 0. The highest BCUT2D eigenvalue weighted by molar-refractivity contribution is 6.33. The maximum Gasteiger partial charge on any atom is 0.251 e. The summed E-state index contributed by atoms with van der Waals surface area (Å²) in [5.41, 5.74) is 2.41. The highest BCUT2D eigenvalue weighted by Gasteiger charge is 2.18. The molecule has 2 heterocycles. The molecule has 34 heavy (non-hydrogen) atoms. The maximum absolute atomic E-state index is 15.4. The van der Waals surface area contributed by atoms with Gasteiger partial charge >= 0.3 is 0 Å². The third-order valence-corrected chi connectivity index (χ3v) is 5.57. The molecule has 0 saturated heterocycles. The predicted octanol–water partition coefficient (Wildman–Crippen LogP) is 5.23. The Hall–Kier alpha value is -3.84. The van der Waals surface area contributed by atoms with Crippen molar-refractivity contribution in [2.45, 2.75) is 20.4 Å². The minimum atomic E-state index is -0.658. The summed E-state index contributed by atoms with van der Waals surface area (Å²) in [6, 6.07) is 17.6. The van der Waals surface area contributed by atoms with E-state index in [0.717, 1.165) is 11.3 Å². The van der Waals surface area contributed by atoms with Crippen LogP contribution in [-0.4, -0.2) is 20.9 Å². The Bertz CT molecular complexity index is 1390. The molecule has 0 spiro atoms. The lowest BCUT2D eigenvalue weighted by Gasteiger charge is -2.13. The number of aromatic amines is 1. The number of rotatable bonds is 6. The highest BCUT2D eigenvalue weighted by Crippen LogP contribution is 2.31. The molecule has 1 amide bonds. The Morgan fingerprint density at radius 3 is 2.50 bits per heavy atom. The zero-order chi connectivity index (χ0) is 24.2. The van der Waals surface area contributed by atoms with Crippen LogP contribution in [-0.2, 0) is 11.3 Å². The smallest absolute Gasteiger partial charge is 0.251 e. The van der Waals surface area contributed by atoms with Gasteiger partial charge in [0.25, 0.3) is 5.56 Å². The summed E-state index contributed by atoms with van der Waals surface area (Å²) in [6.45, 7) is 3.49. The topological polar surface area (TPSA) is 87.7 Å². The Balaban J connectivity index is 1.69. The molecule has 0 aliphatic carbocycles. The van der Waals surface area contributed by atoms with Gasteiger partial charge in [-0.05, 0) is 18.2 Å². The quantitative estimate of drug-likeness (QED) is 0.399. The van der Waals surface area contributed by atoms with Crippen molar-refractivity contribution in [3.8, 4) is 33.9 Å². The van der Waals surface area contributed by atoms with Gasteiger partial charge in [-0.25, -0.2) is 9.37 Å². The minimum absolute atomic E-state index is 0.00540. The second-order valence-electron chi connectivity index (χ2n) is 8.05. The van der Waals surface area contributed by atoms with E-state index in [9.17, 15) is 9.59 Å². The molecule has 0 atom stereocenters. The standard InChI is InChI=1S/C26H22ClFN4O2/c1-15(2)26(34)30-14-18-8-10-19(27)23(24(18)28)25-31-21(12-22(33)32-25)17-9-11-20(29-13-17)16-6-4-3-5-7-16/h3-13,15H,14H2,1-2H3,(H,30,34)(H,31,32,33). The minimum Gasteiger partial charge on any atom is -0.352 e. The van der Waals surface area contributed by atoms with E-state index >= 15 is 4.39 Å². The molecule has 2 aromatic carbocycles. The van der Waals surface area contributed by atoms with Gasteiger partial charge in [-0.3, -0.25) is 14.6 Å². The van der Waals surface area contributed by atoms with Crippen molar-refractivity contribution in [1.29, 1.82) is 0 Å². The van der Waals surface area contributed by atoms with Crippen LogP contribution in [0.25, 0.3) is 33.9 Å². The van der Waals surface area contributed by atoms with Crippen molar-refractivity contribution in [1.82, 2.24) is 20.3 Å². The first-order valence-corrected chi connectivity index (χ1v) is 11.1. The molecule has 4 rings (SSSR count). The van der Waals surface area contributed by atoms with Gasteiger partial charge in [0.2, 0.25) is 5.91 Å². The van der Waals surface area contributed by atoms with Crippen LogP contribution in [0.15, 0.2) is 71.7 Å². The Labute approximate surface area is 200 Å². The molecule has 0 bridgehead atoms. The SMILES string of the molecule is CC(C)C(=O)NCc1ccc(Cl)c(-c2nc(-c3ccc(-c4ccccc4)nc3)cc(=O)[nH]2)c1F.